The van der Waals surface area contributed by atoms with Crippen molar-refractivity contribution in [2.45, 2.75) is 13.8 Å². The second-order valence-electron chi connectivity index (χ2n) is 3.25. The van der Waals surface area contributed by atoms with Crippen LogP contribution in [0.15, 0.2) is 18.2 Å². The van der Waals surface area contributed by atoms with Gasteiger partial charge >= 0.3 is 6.09 Å². The maximum absolute atomic E-state index is 11.1. The molecule has 0 spiro atoms. The Balaban J connectivity index is 2.63. The Hall–Kier alpha value is -2.24. The van der Waals surface area contributed by atoms with Crippen molar-refractivity contribution in [3.05, 3.63) is 29.8 Å². The van der Waals surface area contributed by atoms with Gasteiger partial charge in [0.15, 0.2) is 5.84 Å². The lowest BCUT2D eigenvalue weighted by Crippen LogP contribution is -2.33. The first-order chi connectivity index (χ1) is 8.69. The van der Waals surface area contributed by atoms with Crippen LogP contribution in [-0.4, -0.2) is 25.1 Å². The van der Waals surface area contributed by atoms with E-state index in [9.17, 15) is 4.79 Å². The first-order valence-corrected chi connectivity index (χ1v) is 5.61. The van der Waals surface area contributed by atoms with E-state index < -0.39 is 6.09 Å². The van der Waals surface area contributed by atoms with Gasteiger partial charge in [-0.15, -0.1) is 0 Å². The summed E-state index contributed by atoms with van der Waals surface area (Å²) in [5.74, 6) is 0.454. The molecule has 0 aliphatic heterocycles. The molecule has 0 atom stereocenters. The van der Waals surface area contributed by atoms with Gasteiger partial charge in [0, 0.05) is 6.54 Å². The molecular formula is C12H16N3O3. The number of carbonyl (C=O) groups is 1. The minimum atomic E-state index is -0.636. The van der Waals surface area contributed by atoms with Crippen LogP contribution in [0.3, 0.4) is 0 Å². The SMILES string of the molecule is CCNC(=O)ONC(=N)c1cc[c]cc1OCC. The van der Waals surface area contributed by atoms with Crippen molar-refractivity contribution in [3.8, 4) is 5.75 Å². The van der Waals surface area contributed by atoms with Crippen LogP contribution < -0.4 is 15.5 Å². The van der Waals surface area contributed by atoms with Crippen LogP contribution in [0.4, 0.5) is 4.79 Å². The molecule has 0 aromatic heterocycles. The minimum absolute atomic E-state index is 0.0568. The molecule has 0 bridgehead atoms. The predicted octanol–water partition coefficient (Wildman–Crippen LogP) is 1.46. The van der Waals surface area contributed by atoms with Crippen LogP contribution in [0.1, 0.15) is 19.4 Å². The largest absolute Gasteiger partial charge is 0.493 e. The standard InChI is InChI=1S/C12H16N3O3/c1-3-14-12(16)18-15-11(13)9-7-5-6-8-10(9)17-4-2/h5,7-8H,3-4H2,1-2H3,(H2,13,15)(H,14,16). The van der Waals surface area contributed by atoms with E-state index in [1.807, 2.05) is 6.92 Å². The average molecular weight is 250 g/mol. The molecule has 1 amide bonds. The Morgan fingerprint density at radius 2 is 2.28 bits per heavy atom. The summed E-state index contributed by atoms with van der Waals surface area (Å²) in [7, 11) is 0. The molecule has 1 aromatic carbocycles. The molecule has 1 rings (SSSR count). The number of amidine groups is 1. The van der Waals surface area contributed by atoms with Gasteiger partial charge in [0.05, 0.1) is 12.2 Å². The second-order valence-corrected chi connectivity index (χ2v) is 3.25. The maximum atomic E-state index is 11.1. The highest BCUT2D eigenvalue weighted by Gasteiger charge is 2.10. The average Bonchev–Trinajstić information content (AvgIpc) is 2.37. The summed E-state index contributed by atoms with van der Waals surface area (Å²) >= 11 is 0. The molecule has 0 heterocycles. The molecule has 3 N–H and O–H groups in total. The van der Waals surface area contributed by atoms with Crippen LogP contribution in [0, 0.1) is 11.5 Å². The van der Waals surface area contributed by atoms with Gasteiger partial charge in [0.1, 0.15) is 5.75 Å². The van der Waals surface area contributed by atoms with Gasteiger partial charge < -0.3 is 14.9 Å². The number of benzene rings is 1. The number of rotatable bonds is 4. The Kier molecular flexibility index (Phi) is 5.50. The molecule has 0 fully saturated rings. The highest BCUT2D eigenvalue weighted by Crippen LogP contribution is 2.17. The van der Waals surface area contributed by atoms with Crippen LogP contribution in [0.5, 0.6) is 5.75 Å². The monoisotopic (exact) mass is 250 g/mol. The van der Waals surface area contributed by atoms with E-state index in [1.54, 1.807) is 25.1 Å². The first-order valence-electron chi connectivity index (χ1n) is 5.61. The van der Waals surface area contributed by atoms with Gasteiger partial charge in [0.25, 0.3) is 0 Å². The predicted molar refractivity (Wildman–Crippen MR) is 66.6 cm³/mol. The molecule has 0 aliphatic rings. The minimum Gasteiger partial charge on any atom is -0.493 e. The highest BCUT2D eigenvalue weighted by atomic mass is 16.7. The van der Waals surface area contributed by atoms with Gasteiger partial charge in [-0.25, -0.2) is 4.79 Å². The Morgan fingerprint density at radius 3 is 2.94 bits per heavy atom. The fraction of sp³-hybridized carbons (Fsp3) is 0.333. The Bertz CT molecular complexity index is 421. The maximum Gasteiger partial charge on any atom is 0.431 e. The van der Waals surface area contributed by atoms with E-state index in [2.05, 4.69) is 21.7 Å². The summed E-state index contributed by atoms with van der Waals surface area (Å²) in [5.41, 5.74) is 2.76. The fourth-order valence-corrected chi connectivity index (χ4v) is 1.23. The lowest BCUT2D eigenvalue weighted by molar-refractivity contribution is 0.120. The van der Waals surface area contributed by atoms with E-state index in [0.717, 1.165) is 0 Å². The summed E-state index contributed by atoms with van der Waals surface area (Å²) in [6.45, 7) is 4.56. The number of hydroxylamine groups is 1. The molecule has 6 nitrogen and oxygen atoms in total. The Morgan fingerprint density at radius 1 is 1.50 bits per heavy atom. The molecule has 18 heavy (non-hydrogen) atoms. The molecule has 0 saturated heterocycles. The van der Waals surface area contributed by atoms with Crippen molar-refractivity contribution in [3.63, 3.8) is 0 Å². The van der Waals surface area contributed by atoms with Gasteiger partial charge in [0.2, 0.25) is 0 Å². The summed E-state index contributed by atoms with van der Waals surface area (Å²) in [6.07, 6.45) is -0.636. The topological polar surface area (TPSA) is 83.4 Å². The first kappa shape index (κ1) is 13.8. The lowest BCUT2D eigenvalue weighted by Gasteiger charge is -2.12. The third-order valence-electron chi connectivity index (χ3n) is 1.96. The molecule has 6 heteroatoms. The van der Waals surface area contributed by atoms with Crippen molar-refractivity contribution in [1.82, 2.24) is 10.8 Å². The van der Waals surface area contributed by atoms with E-state index >= 15 is 0 Å². The molecular weight excluding hydrogens is 234 g/mol. The van der Waals surface area contributed by atoms with E-state index in [0.29, 0.717) is 24.5 Å². The number of carbonyl (C=O) groups excluding carboxylic acids is 1. The zero-order valence-electron chi connectivity index (χ0n) is 10.4. The van der Waals surface area contributed by atoms with Crippen LogP contribution in [0.2, 0.25) is 0 Å². The molecule has 0 saturated carbocycles. The van der Waals surface area contributed by atoms with Crippen LogP contribution in [0.25, 0.3) is 0 Å². The van der Waals surface area contributed by atoms with Gasteiger partial charge in [-0.1, -0.05) is 6.07 Å². The number of nitrogens with one attached hydrogen (secondary N) is 3. The molecule has 1 radical (unpaired) electrons. The summed E-state index contributed by atoms with van der Waals surface area (Å²) in [5, 5.41) is 10.2. The van der Waals surface area contributed by atoms with E-state index in [4.69, 9.17) is 10.1 Å². The lowest BCUT2D eigenvalue weighted by atomic mass is 10.2. The van der Waals surface area contributed by atoms with Crippen LogP contribution >= 0.6 is 0 Å². The number of amides is 1. The quantitative estimate of drug-likeness (QED) is 0.429. The summed E-state index contributed by atoms with van der Waals surface area (Å²) in [4.78, 5) is 15.7. The van der Waals surface area contributed by atoms with Crippen molar-refractivity contribution in [2.75, 3.05) is 13.2 Å². The molecule has 0 aliphatic carbocycles. The highest BCUT2D eigenvalue weighted by molar-refractivity contribution is 5.98. The summed E-state index contributed by atoms with van der Waals surface area (Å²) < 4.78 is 5.34. The van der Waals surface area contributed by atoms with Gasteiger partial charge in [-0.2, -0.15) is 5.48 Å². The van der Waals surface area contributed by atoms with E-state index in [1.165, 1.54) is 0 Å². The van der Waals surface area contributed by atoms with Crippen molar-refractivity contribution >= 4 is 11.9 Å². The third-order valence-corrected chi connectivity index (χ3v) is 1.96. The fourth-order valence-electron chi connectivity index (χ4n) is 1.23. The van der Waals surface area contributed by atoms with Crippen molar-refractivity contribution in [1.29, 1.82) is 5.41 Å². The molecule has 1 aromatic rings. The Labute approximate surface area is 106 Å². The normalized spacial score (nSPS) is 9.44. The van der Waals surface area contributed by atoms with E-state index in [-0.39, 0.29) is 5.84 Å². The van der Waals surface area contributed by atoms with Gasteiger partial charge in [-0.05, 0) is 32.0 Å². The van der Waals surface area contributed by atoms with Crippen molar-refractivity contribution in [2.24, 2.45) is 0 Å². The zero-order chi connectivity index (χ0) is 13.4. The molecule has 97 valence electrons. The molecule has 0 unspecified atom stereocenters. The van der Waals surface area contributed by atoms with Crippen molar-refractivity contribution < 1.29 is 14.4 Å². The number of hydrogen-bond donors (Lipinski definition) is 3. The second kappa shape index (κ2) is 7.16. The van der Waals surface area contributed by atoms with Crippen LogP contribution in [-0.2, 0) is 4.84 Å². The van der Waals surface area contributed by atoms with Gasteiger partial charge in [-0.3, -0.25) is 5.41 Å². The number of hydrogen-bond acceptors (Lipinski definition) is 4. The zero-order valence-corrected chi connectivity index (χ0v) is 10.4. The number of ether oxygens (including phenoxy) is 1. The summed E-state index contributed by atoms with van der Waals surface area (Å²) in [6, 6.07) is 7.79. The smallest absolute Gasteiger partial charge is 0.431 e. The third kappa shape index (κ3) is 3.97.